The number of aromatic nitrogens is 3. The fourth-order valence-corrected chi connectivity index (χ4v) is 3.84. The van der Waals surface area contributed by atoms with Gasteiger partial charge in [0.25, 0.3) is 5.91 Å². The van der Waals surface area contributed by atoms with Crippen LogP contribution in [0.15, 0.2) is 24.4 Å². The van der Waals surface area contributed by atoms with Crippen LogP contribution in [-0.4, -0.2) is 35.3 Å². The third kappa shape index (κ3) is 4.73. The number of carbonyl (C=O) groups is 1. The number of nitrogens with one attached hydrogen (secondary N) is 3. The molecule has 0 radical (unpaired) electrons. The number of benzene rings is 1. The van der Waals surface area contributed by atoms with E-state index in [4.69, 9.17) is 0 Å². The molecule has 0 bridgehead atoms. The van der Waals surface area contributed by atoms with Crippen molar-refractivity contribution in [2.75, 3.05) is 15.8 Å². The van der Waals surface area contributed by atoms with Crippen molar-refractivity contribution < 1.29 is 35.2 Å². The molecule has 0 saturated carbocycles. The first-order valence-electron chi connectivity index (χ1n) is 8.64. The standard InChI is InChI=1S/C17H14F5N5O3S/c1-2-5-31(29,30)27-11-4-3-10(18)12(13(11)19)16(28)24-8-6-9-14(17(20,21)22)25-26-15(9)23-7-8/h3-4,6-7,27H,2,5H2,1H3,(H,24,28)(H,23,25,26). The lowest BCUT2D eigenvalue weighted by Gasteiger charge is -2.12. The number of H-pyrrole nitrogens is 1. The molecule has 2 aromatic heterocycles. The molecule has 0 saturated heterocycles. The fraction of sp³-hybridized carbons (Fsp3) is 0.235. The van der Waals surface area contributed by atoms with Gasteiger partial charge in [0.15, 0.2) is 17.2 Å². The second kappa shape index (κ2) is 8.09. The first-order chi connectivity index (χ1) is 14.4. The van der Waals surface area contributed by atoms with Crippen LogP contribution in [-0.2, 0) is 16.2 Å². The van der Waals surface area contributed by atoms with Crippen molar-refractivity contribution in [2.24, 2.45) is 0 Å². The van der Waals surface area contributed by atoms with Gasteiger partial charge < -0.3 is 5.32 Å². The van der Waals surface area contributed by atoms with E-state index in [0.29, 0.717) is 6.07 Å². The number of nitrogens with zero attached hydrogens (tertiary/aromatic N) is 2. The van der Waals surface area contributed by atoms with Crippen molar-refractivity contribution in [1.29, 1.82) is 0 Å². The highest BCUT2D eigenvalue weighted by atomic mass is 32.2. The average Bonchev–Trinajstić information content (AvgIpc) is 3.07. The van der Waals surface area contributed by atoms with Crippen LogP contribution in [0.2, 0.25) is 0 Å². The molecule has 0 aliphatic heterocycles. The molecule has 3 rings (SSSR count). The Bertz CT molecular complexity index is 1260. The molecular formula is C17H14F5N5O3S. The number of rotatable bonds is 6. The number of aromatic amines is 1. The minimum atomic E-state index is -4.80. The van der Waals surface area contributed by atoms with Crippen LogP contribution < -0.4 is 10.0 Å². The summed E-state index contributed by atoms with van der Waals surface area (Å²) >= 11 is 0. The number of pyridine rings is 1. The second-order valence-electron chi connectivity index (χ2n) is 6.35. The van der Waals surface area contributed by atoms with Crippen LogP contribution in [0.4, 0.5) is 33.3 Å². The normalized spacial score (nSPS) is 12.2. The molecule has 0 fully saturated rings. The zero-order valence-corrected chi connectivity index (χ0v) is 16.5. The molecule has 0 unspecified atom stereocenters. The van der Waals surface area contributed by atoms with Gasteiger partial charge in [0, 0.05) is 0 Å². The Hall–Kier alpha value is -3.29. The summed E-state index contributed by atoms with van der Waals surface area (Å²) in [5, 5.41) is 6.79. The maximum atomic E-state index is 14.7. The van der Waals surface area contributed by atoms with Gasteiger partial charge in [0.2, 0.25) is 10.0 Å². The Kier molecular flexibility index (Phi) is 5.85. The first kappa shape index (κ1) is 22.4. The maximum Gasteiger partial charge on any atom is 0.435 e. The average molecular weight is 463 g/mol. The third-order valence-electron chi connectivity index (χ3n) is 4.00. The summed E-state index contributed by atoms with van der Waals surface area (Å²) in [6.45, 7) is 1.58. The topological polar surface area (TPSA) is 117 Å². The number of sulfonamides is 1. The van der Waals surface area contributed by atoms with E-state index in [1.807, 2.05) is 10.0 Å². The van der Waals surface area contributed by atoms with E-state index < -0.39 is 56.1 Å². The fourth-order valence-electron chi connectivity index (χ4n) is 2.71. The Morgan fingerprint density at radius 2 is 1.94 bits per heavy atom. The Labute approximate surface area is 171 Å². The number of halogens is 5. The zero-order chi connectivity index (χ0) is 23.0. The van der Waals surface area contributed by atoms with E-state index in [-0.39, 0.29) is 23.5 Å². The molecule has 8 nitrogen and oxygen atoms in total. The second-order valence-corrected chi connectivity index (χ2v) is 8.19. The van der Waals surface area contributed by atoms with Crippen molar-refractivity contribution >= 4 is 38.3 Å². The van der Waals surface area contributed by atoms with E-state index in [2.05, 4.69) is 15.2 Å². The van der Waals surface area contributed by atoms with Crippen molar-refractivity contribution in [3.8, 4) is 0 Å². The molecular weight excluding hydrogens is 449 g/mol. The van der Waals surface area contributed by atoms with E-state index in [9.17, 15) is 35.2 Å². The summed E-state index contributed by atoms with van der Waals surface area (Å²) in [6.07, 6.45) is -3.61. The van der Waals surface area contributed by atoms with Gasteiger partial charge in [-0.1, -0.05) is 6.92 Å². The molecule has 0 atom stereocenters. The number of amides is 1. The van der Waals surface area contributed by atoms with E-state index in [1.54, 1.807) is 6.92 Å². The van der Waals surface area contributed by atoms with Crippen LogP contribution in [0.25, 0.3) is 11.0 Å². The van der Waals surface area contributed by atoms with Crippen LogP contribution >= 0.6 is 0 Å². The minimum Gasteiger partial charge on any atom is -0.320 e. The van der Waals surface area contributed by atoms with Gasteiger partial charge in [-0.3, -0.25) is 14.6 Å². The summed E-state index contributed by atoms with van der Waals surface area (Å²) in [5.41, 5.74) is -3.56. The van der Waals surface area contributed by atoms with E-state index in [1.165, 1.54) is 0 Å². The predicted octanol–water partition coefficient (Wildman–Crippen LogP) is 3.66. The number of hydrogen-bond acceptors (Lipinski definition) is 5. The Morgan fingerprint density at radius 1 is 1.23 bits per heavy atom. The molecule has 166 valence electrons. The molecule has 2 heterocycles. The first-order valence-corrected chi connectivity index (χ1v) is 10.3. The third-order valence-corrected chi connectivity index (χ3v) is 5.48. The van der Waals surface area contributed by atoms with Crippen LogP contribution in [0.3, 0.4) is 0 Å². The summed E-state index contributed by atoms with van der Waals surface area (Å²) in [4.78, 5) is 16.1. The lowest BCUT2D eigenvalue weighted by molar-refractivity contribution is -0.139. The van der Waals surface area contributed by atoms with E-state index >= 15 is 0 Å². The quantitative estimate of drug-likeness (QED) is 0.483. The van der Waals surface area contributed by atoms with Gasteiger partial charge in [-0.15, -0.1) is 0 Å². The number of anilines is 2. The summed E-state index contributed by atoms with van der Waals surface area (Å²) in [7, 11) is -3.93. The molecule has 3 aromatic rings. The molecule has 1 aromatic carbocycles. The highest BCUT2D eigenvalue weighted by molar-refractivity contribution is 7.92. The van der Waals surface area contributed by atoms with Gasteiger partial charge >= 0.3 is 6.18 Å². The van der Waals surface area contributed by atoms with E-state index in [0.717, 1.165) is 18.3 Å². The molecule has 31 heavy (non-hydrogen) atoms. The van der Waals surface area contributed by atoms with Crippen LogP contribution in [0.5, 0.6) is 0 Å². The number of hydrogen-bond donors (Lipinski definition) is 3. The van der Waals surface area contributed by atoms with Gasteiger partial charge in [-0.05, 0) is 24.6 Å². The smallest absolute Gasteiger partial charge is 0.320 e. The predicted molar refractivity (Wildman–Crippen MR) is 101 cm³/mol. The van der Waals surface area contributed by atoms with Gasteiger partial charge in [-0.2, -0.15) is 18.3 Å². The molecule has 1 amide bonds. The zero-order valence-electron chi connectivity index (χ0n) is 15.6. The van der Waals surface area contributed by atoms with Crippen molar-refractivity contribution in [3.63, 3.8) is 0 Å². The minimum absolute atomic E-state index is 0.213. The highest BCUT2D eigenvalue weighted by Crippen LogP contribution is 2.33. The van der Waals surface area contributed by atoms with Crippen molar-refractivity contribution in [2.45, 2.75) is 19.5 Å². The van der Waals surface area contributed by atoms with Crippen LogP contribution in [0, 0.1) is 11.6 Å². The summed E-state index contributed by atoms with van der Waals surface area (Å²) in [5.74, 6) is -4.47. The SMILES string of the molecule is CCCS(=O)(=O)Nc1ccc(F)c(C(=O)Nc2cnc3[nH]nc(C(F)(F)F)c3c2)c1F. The number of carbonyl (C=O) groups excluding carboxylic acids is 1. The lowest BCUT2D eigenvalue weighted by Crippen LogP contribution is -2.20. The monoisotopic (exact) mass is 463 g/mol. The molecule has 0 spiro atoms. The Morgan fingerprint density at radius 3 is 2.58 bits per heavy atom. The molecule has 0 aliphatic rings. The number of fused-ring (bicyclic) bond motifs is 1. The Balaban J connectivity index is 1.94. The molecule has 3 N–H and O–H groups in total. The summed E-state index contributed by atoms with van der Waals surface area (Å²) in [6, 6.07) is 2.38. The molecule has 0 aliphatic carbocycles. The lowest BCUT2D eigenvalue weighted by atomic mass is 10.1. The van der Waals surface area contributed by atoms with Gasteiger partial charge in [0.1, 0.15) is 11.4 Å². The van der Waals surface area contributed by atoms with Crippen molar-refractivity contribution in [3.05, 3.63) is 47.3 Å². The van der Waals surface area contributed by atoms with Gasteiger partial charge in [-0.25, -0.2) is 22.2 Å². The maximum absolute atomic E-state index is 14.7. The van der Waals surface area contributed by atoms with Crippen LogP contribution in [0.1, 0.15) is 29.4 Å². The number of alkyl halides is 3. The van der Waals surface area contributed by atoms with Crippen molar-refractivity contribution in [1.82, 2.24) is 15.2 Å². The summed E-state index contributed by atoms with van der Waals surface area (Å²) < 4.78 is 93.4. The highest BCUT2D eigenvalue weighted by Gasteiger charge is 2.36. The van der Waals surface area contributed by atoms with Gasteiger partial charge in [0.05, 0.1) is 28.7 Å². The largest absolute Gasteiger partial charge is 0.435 e. The molecule has 14 heteroatoms.